The van der Waals surface area contributed by atoms with Crippen LogP contribution in [0.25, 0.3) is 10.9 Å². The number of ether oxygens (including phenoxy) is 1. The Balaban J connectivity index is 1.62. The van der Waals surface area contributed by atoms with Gasteiger partial charge in [0.05, 0.1) is 11.6 Å². The standard InChI is InChI=1S/C18H17BrFN3O/c19-18-14(20)9-10-17(21-18)24-11-15-13-7-3-4-8-16(13)23(22-15)12-5-1-2-6-12/h3-4,7-10,12H,1-2,5-6,11H2. The molecule has 0 N–H and O–H groups in total. The highest BCUT2D eigenvalue weighted by atomic mass is 79.9. The molecule has 0 amide bonds. The summed E-state index contributed by atoms with van der Waals surface area (Å²) in [5, 5.41) is 5.91. The lowest BCUT2D eigenvalue weighted by atomic mass is 10.2. The highest BCUT2D eigenvalue weighted by Gasteiger charge is 2.21. The van der Waals surface area contributed by atoms with Crippen LogP contribution in [0.4, 0.5) is 4.39 Å². The quantitative estimate of drug-likeness (QED) is 0.587. The van der Waals surface area contributed by atoms with Crippen LogP contribution in [-0.2, 0) is 6.61 Å². The van der Waals surface area contributed by atoms with Crippen LogP contribution < -0.4 is 4.74 Å². The molecule has 4 rings (SSSR count). The maximum Gasteiger partial charge on any atom is 0.214 e. The van der Waals surface area contributed by atoms with Gasteiger partial charge in [0, 0.05) is 11.5 Å². The molecule has 6 heteroatoms. The van der Waals surface area contributed by atoms with E-state index in [1.54, 1.807) is 0 Å². The zero-order valence-electron chi connectivity index (χ0n) is 13.1. The molecule has 1 aliphatic rings. The van der Waals surface area contributed by atoms with Gasteiger partial charge < -0.3 is 4.74 Å². The molecule has 1 aliphatic carbocycles. The summed E-state index contributed by atoms with van der Waals surface area (Å²) in [7, 11) is 0. The molecular weight excluding hydrogens is 373 g/mol. The first-order valence-corrected chi connectivity index (χ1v) is 8.92. The Labute approximate surface area is 147 Å². The second-order valence-electron chi connectivity index (χ2n) is 6.06. The van der Waals surface area contributed by atoms with Crippen LogP contribution >= 0.6 is 15.9 Å². The third-order valence-corrected chi connectivity index (χ3v) is 5.05. The topological polar surface area (TPSA) is 39.9 Å². The summed E-state index contributed by atoms with van der Waals surface area (Å²) in [4.78, 5) is 4.04. The van der Waals surface area contributed by atoms with Crippen LogP contribution in [0.1, 0.15) is 37.4 Å². The number of hydrogen-bond donors (Lipinski definition) is 0. The zero-order chi connectivity index (χ0) is 16.5. The van der Waals surface area contributed by atoms with E-state index >= 15 is 0 Å². The maximum absolute atomic E-state index is 13.3. The van der Waals surface area contributed by atoms with Gasteiger partial charge in [0.15, 0.2) is 5.82 Å². The van der Waals surface area contributed by atoms with Gasteiger partial charge in [-0.1, -0.05) is 31.0 Å². The number of halogens is 2. The molecule has 2 aromatic heterocycles. The molecular formula is C18H17BrFN3O. The first-order valence-electron chi connectivity index (χ1n) is 8.13. The van der Waals surface area contributed by atoms with E-state index in [1.807, 2.05) is 12.1 Å². The third-order valence-electron chi connectivity index (χ3n) is 4.50. The van der Waals surface area contributed by atoms with Crippen molar-refractivity contribution in [1.29, 1.82) is 0 Å². The highest BCUT2D eigenvalue weighted by molar-refractivity contribution is 9.10. The number of benzene rings is 1. The predicted octanol–water partition coefficient (Wildman–Crippen LogP) is 5.03. The van der Waals surface area contributed by atoms with Crippen LogP contribution in [0.5, 0.6) is 5.88 Å². The zero-order valence-corrected chi connectivity index (χ0v) is 14.7. The molecule has 4 nitrogen and oxygen atoms in total. The number of rotatable bonds is 4. The van der Waals surface area contributed by atoms with E-state index in [2.05, 4.69) is 37.7 Å². The van der Waals surface area contributed by atoms with Crippen molar-refractivity contribution in [2.75, 3.05) is 0 Å². The second-order valence-corrected chi connectivity index (χ2v) is 6.81. The summed E-state index contributed by atoms with van der Waals surface area (Å²) in [5.74, 6) is -0.0268. The number of aromatic nitrogens is 3. The van der Waals surface area contributed by atoms with Gasteiger partial charge in [0.2, 0.25) is 5.88 Å². The Morgan fingerprint density at radius 3 is 2.75 bits per heavy atom. The Hall–Kier alpha value is -1.95. The molecule has 0 aliphatic heterocycles. The van der Waals surface area contributed by atoms with Gasteiger partial charge in [-0.3, -0.25) is 4.68 Å². The van der Waals surface area contributed by atoms with Crippen LogP contribution in [0.15, 0.2) is 41.0 Å². The summed E-state index contributed by atoms with van der Waals surface area (Å²) < 4.78 is 21.3. The minimum atomic E-state index is -0.404. The lowest BCUT2D eigenvalue weighted by Crippen LogP contribution is -2.07. The van der Waals surface area contributed by atoms with Gasteiger partial charge in [-0.15, -0.1) is 0 Å². The summed E-state index contributed by atoms with van der Waals surface area (Å²) in [6.45, 7) is 0.311. The summed E-state index contributed by atoms with van der Waals surface area (Å²) in [6, 6.07) is 11.6. The number of fused-ring (bicyclic) bond motifs is 1. The van der Waals surface area contributed by atoms with Crippen LogP contribution in [-0.4, -0.2) is 14.8 Å². The number of nitrogens with zero attached hydrogens (tertiary/aromatic N) is 3. The largest absolute Gasteiger partial charge is 0.471 e. The van der Waals surface area contributed by atoms with E-state index in [1.165, 1.54) is 37.8 Å². The molecule has 124 valence electrons. The molecule has 24 heavy (non-hydrogen) atoms. The van der Waals surface area contributed by atoms with Crippen molar-refractivity contribution < 1.29 is 9.13 Å². The monoisotopic (exact) mass is 389 g/mol. The molecule has 1 aromatic carbocycles. The normalized spacial score (nSPS) is 15.2. The minimum absolute atomic E-state index is 0.154. The lowest BCUT2D eigenvalue weighted by molar-refractivity contribution is 0.286. The predicted molar refractivity (Wildman–Crippen MR) is 93.5 cm³/mol. The van der Waals surface area contributed by atoms with E-state index in [9.17, 15) is 4.39 Å². The van der Waals surface area contributed by atoms with Crippen molar-refractivity contribution in [1.82, 2.24) is 14.8 Å². The first-order chi connectivity index (χ1) is 11.7. The Morgan fingerprint density at radius 1 is 1.17 bits per heavy atom. The number of pyridine rings is 1. The van der Waals surface area contributed by atoms with Crippen LogP contribution in [0.2, 0.25) is 0 Å². The van der Waals surface area contributed by atoms with Crippen molar-refractivity contribution in [3.05, 3.63) is 52.5 Å². The minimum Gasteiger partial charge on any atom is -0.471 e. The molecule has 0 unspecified atom stereocenters. The lowest BCUT2D eigenvalue weighted by Gasteiger charge is -2.10. The fourth-order valence-corrected chi connectivity index (χ4v) is 3.62. The Morgan fingerprint density at radius 2 is 1.96 bits per heavy atom. The number of hydrogen-bond acceptors (Lipinski definition) is 3. The molecule has 3 aromatic rings. The molecule has 2 heterocycles. The molecule has 1 fully saturated rings. The van der Waals surface area contributed by atoms with E-state index in [-0.39, 0.29) is 4.60 Å². The Kier molecular flexibility index (Phi) is 4.22. The fraction of sp³-hybridized carbons (Fsp3) is 0.333. The van der Waals surface area contributed by atoms with Gasteiger partial charge in [-0.25, -0.2) is 9.37 Å². The van der Waals surface area contributed by atoms with Crippen molar-refractivity contribution in [3.8, 4) is 5.88 Å². The van der Waals surface area contributed by atoms with Gasteiger partial charge in [-0.2, -0.15) is 5.10 Å². The molecule has 0 saturated heterocycles. The highest BCUT2D eigenvalue weighted by Crippen LogP contribution is 2.33. The smallest absolute Gasteiger partial charge is 0.214 e. The summed E-state index contributed by atoms with van der Waals surface area (Å²) in [6.07, 6.45) is 4.88. The molecule has 0 bridgehead atoms. The van der Waals surface area contributed by atoms with E-state index in [0.29, 0.717) is 18.5 Å². The second kappa shape index (κ2) is 6.51. The van der Waals surface area contributed by atoms with Gasteiger partial charge in [0.1, 0.15) is 16.9 Å². The SMILES string of the molecule is Fc1ccc(OCc2nn(C3CCCC3)c3ccccc23)nc1Br. The fourth-order valence-electron chi connectivity index (χ4n) is 3.31. The third kappa shape index (κ3) is 2.90. The molecule has 0 atom stereocenters. The Bertz CT molecular complexity index is 874. The van der Waals surface area contributed by atoms with Gasteiger partial charge in [0.25, 0.3) is 0 Å². The van der Waals surface area contributed by atoms with E-state index < -0.39 is 5.82 Å². The maximum atomic E-state index is 13.3. The summed E-state index contributed by atoms with van der Waals surface area (Å²) >= 11 is 3.08. The number of para-hydroxylation sites is 1. The first kappa shape index (κ1) is 15.6. The average molecular weight is 390 g/mol. The van der Waals surface area contributed by atoms with E-state index in [0.717, 1.165) is 16.6 Å². The molecule has 0 spiro atoms. The van der Waals surface area contributed by atoms with Gasteiger partial charge >= 0.3 is 0 Å². The summed E-state index contributed by atoms with van der Waals surface area (Å²) in [5.41, 5.74) is 2.04. The van der Waals surface area contributed by atoms with Gasteiger partial charge in [-0.05, 0) is 40.9 Å². The molecule has 0 radical (unpaired) electrons. The van der Waals surface area contributed by atoms with Crippen molar-refractivity contribution in [2.24, 2.45) is 0 Å². The molecule has 1 saturated carbocycles. The average Bonchev–Trinajstić information content (AvgIpc) is 3.23. The van der Waals surface area contributed by atoms with E-state index in [4.69, 9.17) is 9.84 Å². The van der Waals surface area contributed by atoms with Crippen molar-refractivity contribution in [3.63, 3.8) is 0 Å². The van der Waals surface area contributed by atoms with Crippen LogP contribution in [0, 0.1) is 5.82 Å². The van der Waals surface area contributed by atoms with Crippen LogP contribution in [0.3, 0.4) is 0 Å². The van der Waals surface area contributed by atoms with Crippen molar-refractivity contribution in [2.45, 2.75) is 38.3 Å². The van der Waals surface area contributed by atoms with Crippen molar-refractivity contribution >= 4 is 26.8 Å².